The van der Waals surface area contributed by atoms with E-state index in [4.69, 9.17) is 5.73 Å². The lowest BCUT2D eigenvalue weighted by Crippen LogP contribution is -2.42. The molecule has 3 rings (SSSR count). The highest BCUT2D eigenvalue weighted by atomic mass is 127. The van der Waals surface area contributed by atoms with Gasteiger partial charge in [0.25, 0.3) is 0 Å². The molecule has 0 bridgehead atoms. The average molecular weight is 444 g/mol. The van der Waals surface area contributed by atoms with E-state index in [9.17, 15) is 0 Å². The number of thioether (sulfide) groups is 1. The van der Waals surface area contributed by atoms with E-state index in [0.29, 0.717) is 5.96 Å². The number of rotatable bonds is 4. The fourth-order valence-electron chi connectivity index (χ4n) is 2.96. The molecule has 0 radical (unpaired) electrons. The smallest absolute Gasteiger partial charge is 0.191 e. The van der Waals surface area contributed by atoms with Crippen LogP contribution in [0.5, 0.6) is 0 Å². The van der Waals surface area contributed by atoms with Gasteiger partial charge in [-0.25, -0.2) is 0 Å². The zero-order chi connectivity index (χ0) is 15.4. The van der Waals surface area contributed by atoms with Gasteiger partial charge in [0.1, 0.15) is 0 Å². The number of para-hydroxylation sites is 1. The number of benzene rings is 1. The molecule has 1 aromatic carbocycles. The van der Waals surface area contributed by atoms with Crippen molar-refractivity contribution in [2.45, 2.75) is 19.8 Å². The number of nitrogens with two attached hydrogens (primary N) is 1. The molecule has 126 valence electrons. The Morgan fingerprint density at radius 1 is 1.30 bits per heavy atom. The van der Waals surface area contributed by atoms with E-state index in [2.05, 4.69) is 46.2 Å². The number of fused-ring (bicyclic) bond motifs is 1. The van der Waals surface area contributed by atoms with E-state index in [0.717, 1.165) is 44.0 Å². The summed E-state index contributed by atoms with van der Waals surface area (Å²) in [5, 5.41) is 1.32. The third-order valence-corrected chi connectivity index (χ3v) is 5.20. The van der Waals surface area contributed by atoms with Gasteiger partial charge in [0.2, 0.25) is 0 Å². The molecule has 1 saturated heterocycles. The van der Waals surface area contributed by atoms with Crippen LogP contribution in [0.15, 0.2) is 29.4 Å². The summed E-state index contributed by atoms with van der Waals surface area (Å²) in [6, 6.07) is 6.52. The Kier molecular flexibility index (Phi) is 7.08. The zero-order valence-corrected chi connectivity index (χ0v) is 16.7. The van der Waals surface area contributed by atoms with E-state index >= 15 is 0 Å². The topological polar surface area (TPSA) is 57.4 Å². The number of hydrogen-bond donors (Lipinski definition) is 2. The molecule has 0 aliphatic carbocycles. The van der Waals surface area contributed by atoms with Gasteiger partial charge in [0.15, 0.2) is 5.96 Å². The van der Waals surface area contributed by atoms with Crippen molar-refractivity contribution >= 4 is 52.6 Å². The van der Waals surface area contributed by atoms with Crippen molar-refractivity contribution in [2.24, 2.45) is 10.7 Å². The Labute approximate surface area is 159 Å². The monoisotopic (exact) mass is 444 g/mol. The summed E-state index contributed by atoms with van der Waals surface area (Å²) in [7, 11) is 0. The summed E-state index contributed by atoms with van der Waals surface area (Å²) >= 11 is 1.99. The molecule has 1 fully saturated rings. The number of aryl methyl sites for hydroxylation is 1. The molecule has 1 aromatic heterocycles. The molecule has 1 aliphatic rings. The van der Waals surface area contributed by atoms with Crippen molar-refractivity contribution in [3.63, 3.8) is 0 Å². The Balaban J connectivity index is 0.00000192. The average Bonchev–Trinajstić information content (AvgIpc) is 2.99. The lowest BCUT2D eigenvalue weighted by atomic mass is 10.1. The Bertz CT molecular complexity index is 662. The predicted molar refractivity (Wildman–Crippen MR) is 112 cm³/mol. The number of aromatic amines is 1. The Morgan fingerprint density at radius 3 is 2.83 bits per heavy atom. The van der Waals surface area contributed by atoms with E-state index < -0.39 is 0 Å². The SMILES string of the molecule is CCc1cccc2c(CCN=C(N)N3CCSCC3)c[nH]c12.I. The fourth-order valence-corrected chi connectivity index (χ4v) is 3.86. The predicted octanol–water partition coefficient (Wildman–Crippen LogP) is 3.25. The minimum absolute atomic E-state index is 0. The van der Waals surface area contributed by atoms with Gasteiger partial charge >= 0.3 is 0 Å². The first-order chi connectivity index (χ1) is 10.8. The van der Waals surface area contributed by atoms with Crippen LogP contribution in [0.1, 0.15) is 18.1 Å². The molecule has 2 aromatic rings. The van der Waals surface area contributed by atoms with Crippen molar-refractivity contribution in [1.29, 1.82) is 0 Å². The van der Waals surface area contributed by atoms with Crippen molar-refractivity contribution in [3.8, 4) is 0 Å². The lowest BCUT2D eigenvalue weighted by molar-refractivity contribution is 0.456. The molecule has 0 saturated carbocycles. The first-order valence-electron chi connectivity index (χ1n) is 8.00. The summed E-state index contributed by atoms with van der Waals surface area (Å²) in [6.07, 6.45) is 4.10. The lowest BCUT2D eigenvalue weighted by Gasteiger charge is -2.27. The van der Waals surface area contributed by atoms with Crippen LogP contribution in [0.3, 0.4) is 0 Å². The molecule has 0 spiro atoms. The zero-order valence-electron chi connectivity index (χ0n) is 13.5. The van der Waals surface area contributed by atoms with E-state index in [-0.39, 0.29) is 24.0 Å². The summed E-state index contributed by atoms with van der Waals surface area (Å²) in [5.74, 6) is 3.01. The van der Waals surface area contributed by atoms with Crippen LogP contribution in [0.4, 0.5) is 0 Å². The largest absolute Gasteiger partial charge is 0.370 e. The second-order valence-electron chi connectivity index (χ2n) is 5.60. The van der Waals surface area contributed by atoms with Crippen LogP contribution in [-0.4, -0.2) is 47.0 Å². The van der Waals surface area contributed by atoms with Crippen LogP contribution in [0, 0.1) is 0 Å². The third-order valence-electron chi connectivity index (χ3n) is 4.26. The van der Waals surface area contributed by atoms with Gasteiger partial charge in [-0.05, 0) is 24.0 Å². The standard InChI is InChI=1S/C17H24N4S.HI/c1-2-13-4-3-5-15-14(12-20-16(13)15)6-7-19-17(18)21-8-10-22-11-9-21;/h3-5,12,20H,2,6-11H2,1H3,(H2,18,19);1H. The molecule has 0 unspecified atom stereocenters. The Morgan fingerprint density at radius 2 is 2.09 bits per heavy atom. The molecule has 4 nitrogen and oxygen atoms in total. The number of guanidine groups is 1. The van der Waals surface area contributed by atoms with Gasteiger partial charge in [-0.2, -0.15) is 11.8 Å². The summed E-state index contributed by atoms with van der Waals surface area (Å²) in [5.41, 5.74) is 10.1. The van der Waals surface area contributed by atoms with Crippen LogP contribution in [0.2, 0.25) is 0 Å². The number of nitrogens with one attached hydrogen (secondary N) is 1. The van der Waals surface area contributed by atoms with Gasteiger partial charge in [-0.1, -0.05) is 25.1 Å². The summed E-state index contributed by atoms with van der Waals surface area (Å²) < 4.78 is 0. The minimum atomic E-state index is 0. The maximum Gasteiger partial charge on any atom is 0.191 e. The van der Waals surface area contributed by atoms with Crippen LogP contribution in [-0.2, 0) is 12.8 Å². The first kappa shape index (κ1) is 18.4. The number of nitrogens with zero attached hydrogens (tertiary/aromatic N) is 2. The summed E-state index contributed by atoms with van der Waals surface area (Å²) in [6.45, 7) is 4.98. The molecule has 3 N–H and O–H groups in total. The highest BCUT2D eigenvalue weighted by molar-refractivity contribution is 14.0. The van der Waals surface area contributed by atoms with Crippen molar-refractivity contribution in [3.05, 3.63) is 35.5 Å². The number of H-pyrrole nitrogens is 1. The van der Waals surface area contributed by atoms with E-state index in [1.165, 1.54) is 22.0 Å². The first-order valence-corrected chi connectivity index (χ1v) is 9.15. The fraction of sp³-hybridized carbons (Fsp3) is 0.471. The summed E-state index contributed by atoms with van der Waals surface area (Å²) in [4.78, 5) is 10.2. The van der Waals surface area contributed by atoms with Crippen molar-refractivity contribution < 1.29 is 0 Å². The van der Waals surface area contributed by atoms with Crippen LogP contribution in [0.25, 0.3) is 10.9 Å². The van der Waals surface area contributed by atoms with Gasteiger partial charge in [0, 0.05) is 48.2 Å². The molecule has 0 amide bonds. The number of halogens is 1. The molecule has 6 heteroatoms. The number of aromatic nitrogens is 1. The van der Waals surface area contributed by atoms with Crippen LogP contribution >= 0.6 is 35.7 Å². The van der Waals surface area contributed by atoms with Gasteiger partial charge in [-0.15, -0.1) is 24.0 Å². The molecule has 1 aliphatic heterocycles. The van der Waals surface area contributed by atoms with Crippen LogP contribution < -0.4 is 5.73 Å². The second-order valence-corrected chi connectivity index (χ2v) is 6.82. The maximum atomic E-state index is 6.11. The van der Waals surface area contributed by atoms with Gasteiger partial charge in [-0.3, -0.25) is 4.99 Å². The molecule has 0 atom stereocenters. The quantitative estimate of drug-likeness (QED) is 0.433. The third kappa shape index (κ3) is 4.35. The van der Waals surface area contributed by atoms with E-state index in [1.807, 2.05) is 11.8 Å². The Hall–Kier alpha value is -0.890. The van der Waals surface area contributed by atoms with Crippen molar-refractivity contribution in [1.82, 2.24) is 9.88 Å². The number of aliphatic imine (C=N–C) groups is 1. The highest BCUT2D eigenvalue weighted by Gasteiger charge is 2.12. The normalized spacial score (nSPS) is 15.7. The van der Waals surface area contributed by atoms with E-state index in [1.54, 1.807) is 0 Å². The van der Waals surface area contributed by atoms with Crippen molar-refractivity contribution in [2.75, 3.05) is 31.1 Å². The molecular weight excluding hydrogens is 419 g/mol. The van der Waals surface area contributed by atoms with Gasteiger partial charge < -0.3 is 15.6 Å². The maximum absolute atomic E-state index is 6.11. The number of hydrogen-bond acceptors (Lipinski definition) is 2. The molecule has 2 heterocycles. The molecule has 23 heavy (non-hydrogen) atoms. The highest BCUT2D eigenvalue weighted by Crippen LogP contribution is 2.22. The molecular formula is C17H25IN4S. The minimum Gasteiger partial charge on any atom is -0.370 e. The van der Waals surface area contributed by atoms with Gasteiger partial charge in [0.05, 0.1) is 0 Å². The second kappa shape index (κ2) is 8.82.